The van der Waals surface area contributed by atoms with Gasteiger partial charge >= 0.3 is 0 Å². The Hall–Kier alpha value is -2.32. The standard InChI is InChI=1S/C16H17N3OS/c17-10-9-13-5-7-14(8-6-13)19-16(21)18-11-1-3-15-4-2-12-20-15/h2,4-8,12H,1,3,9,11H2,(H2,18,19,21). The summed E-state index contributed by atoms with van der Waals surface area (Å²) < 4.78 is 5.27. The molecule has 21 heavy (non-hydrogen) atoms. The third-order valence-electron chi connectivity index (χ3n) is 2.96. The third kappa shape index (κ3) is 5.28. The highest BCUT2D eigenvalue weighted by molar-refractivity contribution is 7.80. The minimum atomic E-state index is 0.426. The first-order chi connectivity index (χ1) is 10.3. The van der Waals surface area contributed by atoms with E-state index in [1.54, 1.807) is 6.26 Å². The minimum Gasteiger partial charge on any atom is -0.469 e. The molecule has 2 rings (SSSR count). The highest BCUT2D eigenvalue weighted by Crippen LogP contribution is 2.09. The van der Waals surface area contributed by atoms with Crippen molar-refractivity contribution in [2.45, 2.75) is 19.3 Å². The summed E-state index contributed by atoms with van der Waals surface area (Å²) in [5, 5.41) is 15.5. The van der Waals surface area contributed by atoms with Gasteiger partial charge in [-0.25, -0.2) is 0 Å². The molecule has 0 aliphatic carbocycles. The third-order valence-corrected chi connectivity index (χ3v) is 3.21. The largest absolute Gasteiger partial charge is 0.469 e. The van der Waals surface area contributed by atoms with E-state index < -0.39 is 0 Å². The fourth-order valence-corrected chi connectivity index (χ4v) is 2.11. The molecule has 0 aliphatic heterocycles. The first-order valence-electron chi connectivity index (χ1n) is 6.81. The predicted octanol–water partition coefficient (Wildman–Crippen LogP) is 3.26. The van der Waals surface area contributed by atoms with Crippen molar-refractivity contribution in [3.63, 3.8) is 0 Å². The normalized spacial score (nSPS) is 9.86. The highest BCUT2D eigenvalue weighted by Gasteiger charge is 1.99. The maximum atomic E-state index is 8.62. The summed E-state index contributed by atoms with van der Waals surface area (Å²) >= 11 is 5.24. The van der Waals surface area contributed by atoms with Crippen molar-refractivity contribution in [2.24, 2.45) is 0 Å². The molecule has 5 heteroatoms. The van der Waals surface area contributed by atoms with Gasteiger partial charge in [0.1, 0.15) is 5.76 Å². The van der Waals surface area contributed by atoms with Crippen molar-refractivity contribution < 1.29 is 4.42 Å². The number of nitrogens with one attached hydrogen (secondary N) is 2. The van der Waals surface area contributed by atoms with Crippen molar-refractivity contribution in [1.29, 1.82) is 5.26 Å². The van der Waals surface area contributed by atoms with E-state index in [0.29, 0.717) is 11.5 Å². The zero-order valence-electron chi connectivity index (χ0n) is 11.6. The zero-order chi connectivity index (χ0) is 14.9. The van der Waals surface area contributed by atoms with Gasteiger partial charge in [0, 0.05) is 18.7 Å². The molecule has 0 radical (unpaired) electrons. The van der Waals surface area contributed by atoms with Gasteiger partial charge in [-0.05, 0) is 48.5 Å². The first kappa shape index (κ1) is 15.1. The molecule has 2 N–H and O–H groups in total. The lowest BCUT2D eigenvalue weighted by atomic mass is 10.1. The number of thiocarbonyl (C=S) groups is 1. The van der Waals surface area contributed by atoms with Gasteiger partial charge in [-0.2, -0.15) is 5.26 Å². The van der Waals surface area contributed by atoms with Gasteiger partial charge < -0.3 is 15.1 Å². The smallest absolute Gasteiger partial charge is 0.170 e. The van der Waals surface area contributed by atoms with Crippen LogP contribution in [0.1, 0.15) is 17.7 Å². The number of anilines is 1. The van der Waals surface area contributed by atoms with Gasteiger partial charge in [-0.1, -0.05) is 12.1 Å². The van der Waals surface area contributed by atoms with Crippen molar-refractivity contribution in [1.82, 2.24) is 5.32 Å². The highest BCUT2D eigenvalue weighted by atomic mass is 32.1. The lowest BCUT2D eigenvalue weighted by Crippen LogP contribution is -2.29. The molecule has 0 amide bonds. The van der Waals surface area contributed by atoms with E-state index in [-0.39, 0.29) is 0 Å². The Morgan fingerprint density at radius 3 is 2.71 bits per heavy atom. The molecule has 0 atom stereocenters. The lowest BCUT2D eigenvalue weighted by Gasteiger charge is -2.10. The number of benzene rings is 1. The second kappa shape index (κ2) is 8.08. The van der Waals surface area contributed by atoms with E-state index in [1.165, 1.54) is 0 Å². The van der Waals surface area contributed by atoms with Crippen LogP contribution in [0.5, 0.6) is 0 Å². The predicted molar refractivity (Wildman–Crippen MR) is 87.0 cm³/mol. The molecule has 0 unspecified atom stereocenters. The topological polar surface area (TPSA) is 61.0 Å². The zero-order valence-corrected chi connectivity index (χ0v) is 12.5. The summed E-state index contributed by atoms with van der Waals surface area (Å²) in [6, 6.07) is 13.7. The molecule has 0 fully saturated rings. The molecule has 0 aliphatic rings. The second-order valence-corrected chi connectivity index (χ2v) is 5.00. The van der Waals surface area contributed by atoms with E-state index >= 15 is 0 Å². The molecule has 2 aromatic rings. The number of hydrogen-bond donors (Lipinski definition) is 2. The molecule has 0 saturated heterocycles. The fourth-order valence-electron chi connectivity index (χ4n) is 1.89. The van der Waals surface area contributed by atoms with Crippen LogP contribution in [-0.2, 0) is 12.8 Å². The summed E-state index contributed by atoms with van der Waals surface area (Å²) in [6.45, 7) is 0.791. The first-order valence-corrected chi connectivity index (χ1v) is 7.22. The van der Waals surface area contributed by atoms with Crippen molar-refractivity contribution >= 4 is 23.0 Å². The molecule has 0 saturated carbocycles. The van der Waals surface area contributed by atoms with Gasteiger partial charge in [0.2, 0.25) is 0 Å². The Labute approximate surface area is 129 Å². The molecule has 0 bridgehead atoms. The monoisotopic (exact) mass is 299 g/mol. The van der Waals surface area contributed by atoms with Gasteiger partial charge in [0.25, 0.3) is 0 Å². The maximum absolute atomic E-state index is 8.62. The summed E-state index contributed by atoms with van der Waals surface area (Å²) in [5.41, 5.74) is 1.92. The number of furan rings is 1. The van der Waals surface area contributed by atoms with Crippen LogP contribution in [0.3, 0.4) is 0 Å². The molecule has 1 aromatic carbocycles. The van der Waals surface area contributed by atoms with Crippen LogP contribution in [0.25, 0.3) is 0 Å². The number of nitrogens with zero attached hydrogens (tertiary/aromatic N) is 1. The summed E-state index contributed by atoms with van der Waals surface area (Å²) in [7, 11) is 0. The van der Waals surface area contributed by atoms with Crippen LogP contribution in [0.15, 0.2) is 47.1 Å². The van der Waals surface area contributed by atoms with Crippen LogP contribution in [-0.4, -0.2) is 11.7 Å². The van der Waals surface area contributed by atoms with Gasteiger partial charge in [0.15, 0.2) is 5.11 Å². The summed E-state index contributed by atoms with van der Waals surface area (Å²) in [5.74, 6) is 0.990. The van der Waals surface area contributed by atoms with E-state index in [2.05, 4.69) is 16.7 Å². The number of rotatable bonds is 6. The molecule has 1 aromatic heterocycles. The SMILES string of the molecule is N#CCc1ccc(NC(=S)NCCCc2ccco2)cc1. The van der Waals surface area contributed by atoms with Gasteiger partial charge in [-0.15, -0.1) is 0 Å². The Balaban J connectivity index is 1.68. The van der Waals surface area contributed by atoms with Crippen LogP contribution in [0.4, 0.5) is 5.69 Å². The van der Waals surface area contributed by atoms with Crippen LogP contribution >= 0.6 is 12.2 Å². The number of nitriles is 1. The number of hydrogen-bond acceptors (Lipinski definition) is 3. The lowest BCUT2D eigenvalue weighted by molar-refractivity contribution is 0.501. The van der Waals surface area contributed by atoms with E-state index in [1.807, 2.05) is 36.4 Å². The molecule has 108 valence electrons. The second-order valence-electron chi connectivity index (χ2n) is 4.60. The van der Waals surface area contributed by atoms with E-state index in [0.717, 1.165) is 36.4 Å². The van der Waals surface area contributed by atoms with Crippen molar-refractivity contribution in [3.05, 3.63) is 54.0 Å². The van der Waals surface area contributed by atoms with Gasteiger partial charge in [-0.3, -0.25) is 0 Å². The van der Waals surface area contributed by atoms with Crippen LogP contribution in [0, 0.1) is 11.3 Å². The Bertz CT molecular complexity index is 599. The molecular formula is C16H17N3OS. The quantitative estimate of drug-likeness (QED) is 0.633. The fraction of sp³-hybridized carbons (Fsp3) is 0.250. The Morgan fingerprint density at radius 1 is 1.24 bits per heavy atom. The summed E-state index contributed by atoms with van der Waals surface area (Å²) in [6.07, 6.45) is 3.96. The maximum Gasteiger partial charge on any atom is 0.170 e. The van der Waals surface area contributed by atoms with Crippen molar-refractivity contribution in [3.8, 4) is 6.07 Å². The Morgan fingerprint density at radius 2 is 2.05 bits per heavy atom. The molecule has 1 heterocycles. The van der Waals surface area contributed by atoms with Crippen LogP contribution < -0.4 is 10.6 Å². The molecule has 4 nitrogen and oxygen atoms in total. The Kier molecular flexibility index (Phi) is 5.80. The van der Waals surface area contributed by atoms with Crippen LogP contribution in [0.2, 0.25) is 0 Å². The molecule has 0 spiro atoms. The average molecular weight is 299 g/mol. The average Bonchev–Trinajstić information content (AvgIpc) is 2.99. The molecular weight excluding hydrogens is 282 g/mol. The van der Waals surface area contributed by atoms with E-state index in [9.17, 15) is 0 Å². The van der Waals surface area contributed by atoms with Gasteiger partial charge in [0.05, 0.1) is 18.8 Å². The van der Waals surface area contributed by atoms with E-state index in [4.69, 9.17) is 21.9 Å². The minimum absolute atomic E-state index is 0.426. The number of aryl methyl sites for hydroxylation is 1. The summed E-state index contributed by atoms with van der Waals surface area (Å²) in [4.78, 5) is 0. The van der Waals surface area contributed by atoms with Crippen molar-refractivity contribution in [2.75, 3.05) is 11.9 Å².